The summed E-state index contributed by atoms with van der Waals surface area (Å²) in [6, 6.07) is 8.18. The van der Waals surface area contributed by atoms with E-state index in [1.54, 1.807) is 17.0 Å². The quantitative estimate of drug-likeness (QED) is 0.611. The highest BCUT2D eigenvalue weighted by Gasteiger charge is 2.31. The highest BCUT2D eigenvalue weighted by atomic mass is 32.2. The number of carbonyl (C=O) groups is 1. The van der Waals surface area contributed by atoms with Gasteiger partial charge in [-0.1, -0.05) is 45.7 Å². The summed E-state index contributed by atoms with van der Waals surface area (Å²) in [6.45, 7) is 9.74. The van der Waals surface area contributed by atoms with Crippen molar-refractivity contribution >= 4 is 15.9 Å². The zero-order chi connectivity index (χ0) is 21.4. The van der Waals surface area contributed by atoms with Crippen molar-refractivity contribution in [2.24, 2.45) is 5.92 Å². The van der Waals surface area contributed by atoms with Gasteiger partial charge in [0.05, 0.1) is 17.0 Å². The maximum absolute atomic E-state index is 12.9. The number of likely N-dealkylation sites (N-methyl/N-ethyl adjacent to an activating group) is 1. The number of amides is 1. The number of benzene rings is 1. The summed E-state index contributed by atoms with van der Waals surface area (Å²) in [5.74, 6) is 0.636. The van der Waals surface area contributed by atoms with E-state index in [4.69, 9.17) is 0 Å². The second-order valence-corrected chi connectivity index (χ2v) is 9.31. The molecule has 0 unspecified atom stereocenters. The van der Waals surface area contributed by atoms with Gasteiger partial charge in [-0.3, -0.25) is 9.69 Å². The van der Waals surface area contributed by atoms with Gasteiger partial charge in [0.15, 0.2) is 0 Å². The van der Waals surface area contributed by atoms with E-state index in [0.29, 0.717) is 25.6 Å². The Hall–Kier alpha value is -1.95. The minimum Gasteiger partial charge on any atom is -0.339 e. The van der Waals surface area contributed by atoms with Crippen LogP contribution < -0.4 is 0 Å². The molecule has 0 N–H and O–H groups in total. The molecule has 7 nitrogen and oxygen atoms in total. The third kappa shape index (κ3) is 5.78. The number of hydrogen-bond acceptors (Lipinski definition) is 5. The van der Waals surface area contributed by atoms with Gasteiger partial charge in [0.1, 0.15) is 6.07 Å². The molecular weight excluding hydrogens is 388 g/mol. The first kappa shape index (κ1) is 23.3. The zero-order valence-electron chi connectivity index (χ0n) is 17.7. The second kappa shape index (κ2) is 10.7. The van der Waals surface area contributed by atoms with Crippen LogP contribution in [0.25, 0.3) is 0 Å². The number of nitriles is 1. The van der Waals surface area contributed by atoms with E-state index >= 15 is 0 Å². The first-order chi connectivity index (χ1) is 13.9. The smallest absolute Gasteiger partial charge is 0.244 e. The van der Waals surface area contributed by atoms with E-state index in [2.05, 4.69) is 25.7 Å². The number of carbonyl (C=O) groups excluding carboxylic acids is 1. The van der Waals surface area contributed by atoms with Gasteiger partial charge in [0, 0.05) is 32.7 Å². The molecule has 1 saturated heterocycles. The first-order valence-electron chi connectivity index (χ1n) is 10.4. The molecule has 0 bridgehead atoms. The normalized spacial score (nSPS) is 15.7. The second-order valence-electron chi connectivity index (χ2n) is 7.40. The minimum atomic E-state index is -3.74. The van der Waals surface area contributed by atoms with Crippen molar-refractivity contribution in [2.75, 3.05) is 45.8 Å². The van der Waals surface area contributed by atoms with Gasteiger partial charge in [0.2, 0.25) is 15.9 Å². The molecule has 1 heterocycles. The van der Waals surface area contributed by atoms with Gasteiger partial charge in [-0.05, 0) is 24.6 Å². The van der Waals surface area contributed by atoms with Gasteiger partial charge in [0.25, 0.3) is 0 Å². The molecule has 1 aliphatic rings. The van der Waals surface area contributed by atoms with Crippen LogP contribution in [0.2, 0.25) is 0 Å². The van der Waals surface area contributed by atoms with E-state index in [1.165, 1.54) is 16.4 Å². The largest absolute Gasteiger partial charge is 0.339 e. The van der Waals surface area contributed by atoms with Crippen LogP contribution in [-0.4, -0.2) is 74.2 Å². The molecule has 0 radical (unpaired) electrons. The average Bonchev–Trinajstić information content (AvgIpc) is 2.76. The number of rotatable bonds is 9. The predicted molar refractivity (Wildman–Crippen MR) is 113 cm³/mol. The van der Waals surface area contributed by atoms with Crippen molar-refractivity contribution in [1.29, 1.82) is 5.26 Å². The van der Waals surface area contributed by atoms with Crippen LogP contribution in [0.15, 0.2) is 29.2 Å². The van der Waals surface area contributed by atoms with Gasteiger partial charge in [-0.2, -0.15) is 9.57 Å². The Balaban J connectivity index is 1.97. The molecular formula is C21H32N4O3S. The SMILES string of the molecule is CCC(CC)CN(CC)CC(=O)N1CCN(S(=O)(=O)c2ccccc2C#N)CC1. The lowest BCUT2D eigenvalue weighted by atomic mass is 10.0. The molecule has 0 saturated carbocycles. The summed E-state index contributed by atoms with van der Waals surface area (Å²) in [7, 11) is -3.74. The minimum absolute atomic E-state index is 0.0320. The highest BCUT2D eigenvalue weighted by molar-refractivity contribution is 7.89. The van der Waals surface area contributed by atoms with Crippen molar-refractivity contribution in [3.05, 3.63) is 29.8 Å². The molecule has 1 aliphatic heterocycles. The molecule has 8 heteroatoms. The summed E-state index contributed by atoms with van der Waals surface area (Å²) >= 11 is 0. The first-order valence-corrected chi connectivity index (χ1v) is 11.8. The summed E-state index contributed by atoms with van der Waals surface area (Å²) in [5.41, 5.74) is 0.144. The van der Waals surface area contributed by atoms with Crippen LogP contribution >= 0.6 is 0 Å². The van der Waals surface area contributed by atoms with Crippen molar-refractivity contribution in [1.82, 2.24) is 14.1 Å². The monoisotopic (exact) mass is 420 g/mol. The van der Waals surface area contributed by atoms with Crippen molar-refractivity contribution in [3.8, 4) is 6.07 Å². The van der Waals surface area contributed by atoms with E-state index in [-0.39, 0.29) is 29.5 Å². The molecule has 0 aliphatic carbocycles. The lowest BCUT2D eigenvalue weighted by Gasteiger charge is -2.35. The predicted octanol–water partition coefficient (Wildman–Crippen LogP) is 2.15. The van der Waals surface area contributed by atoms with Crippen LogP contribution in [0, 0.1) is 17.2 Å². The number of piperazine rings is 1. The van der Waals surface area contributed by atoms with Crippen LogP contribution in [0.4, 0.5) is 0 Å². The Morgan fingerprint density at radius 3 is 2.31 bits per heavy atom. The van der Waals surface area contributed by atoms with Gasteiger partial charge in [-0.15, -0.1) is 0 Å². The zero-order valence-corrected chi connectivity index (χ0v) is 18.5. The van der Waals surface area contributed by atoms with E-state index in [1.807, 2.05) is 6.07 Å². The fraction of sp³-hybridized carbons (Fsp3) is 0.619. The van der Waals surface area contributed by atoms with E-state index in [0.717, 1.165) is 25.9 Å². The van der Waals surface area contributed by atoms with E-state index < -0.39 is 10.0 Å². The molecule has 0 spiro atoms. The van der Waals surface area contributed by atoms with Crippen molar-refractivity contribution in [2.45, 2.75) is 38.5 Å². The van der Waals surface area contributed by atoms with Crippen molar-refractivity contribution in [3.63, 3.8) is 0 Å². The number of nitrogens with zero attached hydrogens (tertiary/aromatic N) is 4. The molecule has 0 aromatic heterocycles. The van der Waals surface area contributed by atoms with Gasteiger partial charge >= 0.3 is 0 Å². The molecule has 1 aromatic carbocycles. The molecule has 29 heavy (non-hydrogen) atoms. The molecule has 0 atom stereocenters. The summed E-state index contributed by atoms with van der Waals surface area (Å²) in [6.07, 6.45) is 2.20. The molecule has 2 rings (SSSR count). The summed E-state index contributed by atoms with van der Waals surface area (Å²) in [4.78, 5) is 16.7. The molecule has 1 aromatic rings. The van der Waals surface area contributed by atoms with Crippen LogP contribution in [0.5, 0.6) is 0 Å². The van der Waals surface area contributed by atoms with Crippen molar-refractivity contribution < 1.29 is 13.2 Å². The Morgan fingerprint density at radius 1 is 1.14 bits per heavy atom. The van der Waals surface area contributed by atoms with E-state index in [9.17, 15) is 18.5 Å². The Morgan fingerprint density at radius 2 is 1.76 bits per heavy atom. The molecule has 160 valence electrons. The van der Waals surface area contributed by atoms with Crippen LogP contribution in [-0.2, 0) is 14.8 Å². The highest BCUT2D eigenvalue weighted by Crippen LogP contribution is 2.21. The lowest BCUT2D eigenvalue weighted by Crippen LogP contribution is -2.52. The Labute approximate surface area is 174 Å². The summed E-state index contributed by atoms with van der Waals surface area (Å²) in [5, 5.41) is 9.21. The third-order valence-electron chi connectivity index (χ3n) is 5.69. The van der Waals surface area contributed by atoms with Crippen LogP contribution in [0.3, 0.4) is 0 Å². The number of hydrogen-bond donors (Lipinski definition) is 0. The molecule has 1 amide bonds. The summed E-state index contributed by atoms with van der Waals surface area (Å²) < 4.78 is 27.2. The Bertz CT molecular complexity index is 823. The fourth-order valence-electron chi connectivity index (χ4n) is 3.61. The maximum atomic E-state index is 12.9. The molecule has 1 fully saturated rings. The fourth-order valence-corrected chi connectivity index (χ4v) is 5.17. The Kier molecular flexibility index (Phi) is 8.62. The maximum Gasteiger partial charge on any atom is 0.244 e. The van der Waals surface area contributed by atoms with Gasteiger partial charge < -0.3 is 4.90 Å². The van der Waals surface area contributed by atoms with Crippen LogP contribution in [0.1, 0.15) is 39.2 Å². The lowest BCUT2D eigenvalue weighted by molar-refractivity contribution is -0.133. The number of sulfonamides is 1. The van der Waals surface area contributed by atoms with Gasteiger partial charge in [-0.25, -0.2) is 8.42 Å². The third-order valence-corrected chi connectivity index (χ3v) is 7.65. The standard InChI is InChI=1S/C21H32N4O3S/c1-4-18(5-2)16-23(6-3)17-21(26)24-11-13-25(14-12-24)29(27,28)20-10-8-7-9-19(20)15-22/h7-10,18H,4-6,11-14,16-17H2,1-3H3. The average molecular weight is 421 g/mol. The topological polar surface area (TPSA) is 84.7 Å².